The van der Waals surface area contributed by atoms with Gasteiger partial charge in [0.05, 0.1) is 0 Å². The summed E-state index contributed by atoms with van der Waals surface area (Å²) in [6.45, 7) is 3.12. The van der Waals surface area contributed by atoms with Gasteiger partial charge in [-0.25, -0.2) is 0 Å². The quantitative estimate of drug-likeness (QED) is 0.622. The minimum Gasteiger partial charge on any atom is -0.316 e. The third-order valence-electron chi connectivity index (χ3n) is 0.775. The molecule has 0 unspecified atom stereocenters. The molecule has 1 nitrogen and oxygen atoms in total. The monoisotopic (exact) mass is 131 g/mol. The van der Waals surface area contributed by atoms with Gasteiger partial charge < -0.3 is 5.32 Å². The minimum absolute atomic E-state index is 1.00. The Morgan fingerprint density at radius 3 is 2.75 bits per heavy atom. The molecule has 0 fully saturated rings. The Hall–Kier alpha value is 0.0500. The van der Waals surface area contributed by atoms with E-state index in [1.165, 1.54) is 5.57 Å². The van der Waals surface area contributed by atoms with Crippen LogP contribution in [0.5, 0.6) is 0 Å². The number of likely N-dealkylation sites (N-methyl/N-ethyl adjacent to an activating group) is 1. The van der Waals surface area contributed by atoms with Crippen LogP contribution in [0.1, 0.15) is 6.92 Å². The highest BCUT2D eigenvalue weighted by atomic mass is 32.2. The molecule has 0 aliphatic carbocycles. The molecule has 0 saturated carbocycles. The first-order valence-corrected chi connectivity index (χ1v) is 3.93. The van der Waals surface area contributed by atoms with Crippen molar-refractivity contribution in [3.05, 3.63) is 11.0 Å². The number of hydrogen-bond donors (Lipinski definition) is 1. The second-order valence-electron chi connectivity index (χ2n) is 1.73. The van der Waals surface area contributed by atoms with Crippen molar-refractivity contribution >= 4 is 11.8 Å². The summed E-state index contributed by atoms with van der Waals surface area (Å²) in [6, 6.07) is 0. The van der Waals surface area contributed by atoms with Crippen LogP contribution >= 0.6 is 11.8 Å². The van der Waals surface area contributed by atoms with Crippen LogP contribution in [0.4, 0.5) is 0 Å². The normalized spacial score (nSPS) is 12.1. The van der Waals surface area contributed by atoms with E-state index in [0.717, 1.165) is 6.54 Å². The predicted octanol–water partition coefficient (Wildman–Crippen LogP) is 1.47. The summed E-state index contributed by atoms with van der Waals surface area (Å²) in [5.74, 6) is 0. The fraction of sp³-hybridized carbons (Fsp3) is 0.667. The summed E-state index contributed by atoms with van der Waals surface area (Å²) < 4.78 is 0. The zero-order valence-electron chi connectivity index (χ0n) is 5.69. The molecule has 0 spiro atoms. The van der Waals surface area contributed by atoms with Gasteiger partial charge in [-0.05, 0) is 25.6 Å². The van der Waals surface area contributed by atoms with Gasteiger partial charge in [0.15, 0.2) is 0 Å². The Kier molecular flexibility index (Phi) is 5.22. The summed E-state index contributed by atoms with van der Waals surface area (Å²) in [6.07, 6.45) is 2.07. The fourth-order valence-corrected chi connectivity index (χ4v) is 1.01. The third kappa shape index (κ3) is 4.22. The van der Waals surface area contributed by atoms with Gasteiger partial charge in [-0.1, -0.05) is 5.57 Å². The summed E-state index contributed by atoms with van der Waals surface area (Å²) >= 11 is 1.75. The molecular formula is C6H13NS. The van der Waals surface area contributed by atoms with Gasteiger partial charge in [0.1, 0.15) is 0 Å². The summed E-state index contributed by atoms with van der Waals surface area (Å²) in [4.78, 5) is 0. The summed E-state index contributed by atoms with van der Waals surface area (Å²) in [5.41, 5.74) is 1.39. The Bertz CT molecular complexity index is 78.6. The lowest BCUT2D eigenvalue weighted by atomic mass is 10.4. The van der Waals surface area contributed by atoms with Gasteiger partial charge >= 0.3 is 0 Å². The minimum atomic E-state index is 1.00. The van der Waals surface area contributed by atoms with Gasteiger partial charge in [0.2, 0.25) is 0 Å². The summed E-state index contributed by atoms with van der Waals surface area (Å²) in [7, 11) is 1.96. The van der Waals surface area contributed by atoms with Crippen molar-refractivity contribution in [1.82, 2.24) is 5.32 Å². The van der Waals surface area contributed by atoms with Gasteiger partial charge in [-0.15, -0.1) is 11.8 Å². The maximum atomic E-state index is 3.07. The summed E-state index contributed by atoms with van der Waals surface area (Å²) in [5, 5.41) is 5.22. The van der Waals surface area contributed by atoms with Gasteiger partial charge in [0, 0.05) is 6.54 Å². The molecule has 0 rings (SSSR count). The molecule has 0 aromatic rings. The van der Waals surface area contributed by atoms with Crippen LogP contribution in [0.15, 0.2) is 11.0 Å². The molecular weight excluding hydrogens is 118 g/mol. The fourth-order valence-electron chi connectivity index (χ4n) is 0.522. The van der Waals surface area contributed by atoms with E-state index in [0.29, 0.717) is 0 Å². The van der Waals surface area contributed by atoms with Crippen molar-refractivity contribution in [3.8, 4) is 0 Å². The first kappa shape index (κ1) is 8.05. The lowest BCUT2D eigenvalue weighted by Crippen LogP contribution is -2.07. The second-order valence-corrected chi connectivity index (χ2v) is 2.44. The highest BCUT2D eigenvalue weighted by Crippen LogP contribution is 1.99. The molecule has 0 radical (unpaired) electrons. The molecule has 0 saturated heterocycles. The zero-order chi connectivity index (χ0) is 6.41. The highest BCUT2D eigenvalue weighted by Gasteiger charge is 1.81. The smallest absolute Gasteiger partial charge is 0.0167 e. The first-order chi connectivity index (χ1) is 3.81. The molecule has 8 heavy (non-hydrogen) atoms. The molecule has 0 amide bonds. The number of nitrogens with one attached hydrogen (secondary N) is 1. The molecule has 0 atom stereocenters. The molecule has 0 aromatic carbocycles. The lowest BCUT2D eigenvalue weighted by Gasteiger charge is -1.95. The van der Waals surface area contributed by atoms with E-state index in [1.807, 2.05) is 7.05 Å². The Morgan fingerprint density at radius 2 is 2.38 bits per heavy atom. The van der Waals surface area contributed by atoms with E-state index in [1.54, 1.807) is 11.8 Å². The molecule has 0 heterocycles. The van der Waals surface area contributed by atoms with Crippen LogP contribution in [-0.2, 0) is 0 Å². The van der Waals surface area contributed by atoms with Gasteiger partial charge in [-0.2, -0.15) is 0 Å². The van der Waals surface area contributed by atoms with Crippen LogP contribution in [-0.4, -0.2) is 19.8 Å². The van der Waals surface area contributed by atoms with E-state index in [4.69, 9.17) is 0 Å². The van der Waals surface area contributed by atoms with Crippen LogP contribution in [0.3, 0.4) is 0 Å². The van der Waals surface area contributed by atoms with Crippen molar-refractivity contribution in [3.63, 3.8) is 0 Å². The molecule has 0 aromatic heterocycles. The predicted molar refractivity (Wildman–Crippen MR) is 41.2 cm³/mol. The van der Waals surface area contributed by atoms with Crippen LogP contribution < -0.4 is 5.32 Å². The Labute approximate surface area is 55.5 Å². The number of rotatable bonds is 3. The first-order valence-electron chi connectivity index (χ1n) is 2.64. The zero-order valence-corrected chi connectivity index (χ0v) is 6.51. The molecule has 0 aliphatic rings. The maximum absolute atomic E-state index is 3.07. The maximum Gasteiger partial charge on any atom is 0.0167 e. The molecule has 1 N–H and O–H groups in total. The molecule has 0 aliphatic heterocycles. The van der Waals surface area contributed by atoms with Crippen molar-refractivity contribution in [2.24, 2.45) is 0 Å². The number of thioether (sulfide) groups is 1. The second kappa shape index (κ2) is 5.19. The SMILES string of the molecule is CNC/C(C)=C\SC. The van der Waals surface area contributed by atoms with Crippen LogP contribution in [0.25, 0.3) is 0 Å². The topological polar surface area (TPSA) is 12.0 Å². The van der Waals surface area contributed by atoms with Crippen molar-refractivity contribution < 1.29 is 0 Å². The van der Waals surface area contributed by atoms with E-state index < -0.39 is 0 Å². The average molecular weight is 131 g/mol. The molecule has 2 heteroatoms. The lowest BCUT2D eigenvalue weighted by molar-refractivity contribution is 0.882. The van der Waals surface area contributed by atoms with Gasteiger partial charge in [0.25, 0.3) is 0 Å². The van der Waals surface area contributed by atoms with Crippen LogP contribution in [0, 0.1) is 0 Å². The van der Waals surface area contributed by atoms with Gasteiger partial charge in [-0.3, -0.25) is 0 Å². The van der Waals surface area contributed by atoms with Crippen LogP contribution in [0.2, 0.25) is 0 Å². The Balaban J connectivity index is 3.29. The number of hydrogen-bond acceptors (Lipinski definition) is 2. The largest absolute Gasteiger partial charge is 0.316 e. The van der Waals surface area contributed by atoms with Crippen molar-refractivity contribution in [1.29, 1.82) is 0 Å². The molecule has 0 bridgehead atoms. The highest BCUT2D eigenvalue weighted by molar-refractivity contribution is 8.01. The van der Waals surface area contributed by atoms with Crippen molar-refractivity contribution in [2.45, 2.75) is 6.92 Å². The third-order valence-corrected chi connectivity index (χ3v) is 1.41. The van der Waals surface area contributed by atoms with Crippen molar-refractivity contribution in [2.75, 3.05) is 19.8 Å². The average Bonchev–Trinajstić information content (AvgIpc) is 1.68. The van der Waals surface area contributed by atoms with E-state index >= 15 is 0 Å². The van der Waals surface area contributed by atoms with E-state index in [9.17, 15) is 0 Å². The van der Waals surface area contributed by atoms with E-state index in [2.05, 4.69) is 23.9 Å². The van der Waals surface area contributed by atoms with E-state index in [-0.39, 0.29) is 0 Å². The Morgan fingerprint density at radius 1 is 1.75 bits per heavy atom. The standard InChI is InChI=1S/C6H13NS/c1-6(4-7-2)5-8-3/h5,7H,4H2,1-3H3/b6-5-. The molecule has 48 valence electrons.